The van der Waals surface area contributed by atoms with Crippen molar-refractivity contribution < 1.29 is 0 Å². The molecule has 0 saturated carbocycles. The predicted molar refractivity (Wildman–Crippen MR) is 75.3 cm³/mol. The minimum absolute atomic E-state index is 0.714. The molecule has 0 fully saturated rings. The van der Waals surface area contributed by atoms with Crippen LogP contribution in [-0.4, -0.2) is 9.78 Å². The Kier molecular flexibility index (Phi) is 2.33. The molecule has 1 aromatic heterocycles. The molecule has 0 unspecified atom stereocenters. The SMILES string of the molecule is Cc1ccc(-c2c(N)cnn2C)c2ccccc12. The zero-order valence-corrected chi connectivity index (χ0v) is 10.5. The summed E-state index contributed by atoms with van der Waals surface area (Å²) in [5.74, 6) is 0. The van der Waals surface area contributed by atoms with E-state index in [0.29, 0.717) is 5.69 Å². The minimum atomic E-state index is 0.714. The lowest BCUT2D eigenvalue weighted by Crippen LogP contribution is -1.97. The van der Waals surface area contributed by atoms with Gasteiger partial charge < -0.3 is 5.73 Å². The maximum atomic E-state index is 6.02. The van der Waals surface area contributed by atoms with Crippen molar-refractivity contribution in [3.05, 3.63) is 48.2 Å². The number of nitrogen functional groups attached to an aromatic ring is 1. The van der Waals surface area contributed by atoms with Crippen LogP contribution < -0.4 is 5.73 Å². The molecule has 0 aliphatic rings. The monoisotopic (exact) mass is 237 g/mol. The van der Waals surface area contributed by atoms with Gasteiger partial charge in [0.05, 0.1) is 17.6 Å². The van der Waals surface area contributed by atoms with Crippen molar-refractivity contribution in [2.75, 3.05) is 5.73 Å². The van der Waals surface area contributed by atoms with Crippen LogP contribution in [-0.2, 0) is 7.05 Å². The summed E-state index contributed by atoms with van der Waals surface area (Å²) < 4.78 is 1.83. The predicted octanol–water partition coefficient (Wildman–Crippen LogP) is 3.13. The number of aromatic nitrogens is 2. The van der Waals surface area contributed by atoms with Crippen LogP contribution >= 0.6 is 0 Å². The molecule has 0 aliphatic heterocycles. The van der Waals surface area contributed by atoms with E-state index in [-0.39, 0.29) is 0 Å². The normalized spacial score (nSPS) is 11.0. The van der Waals surface area contributed by atoms with Gasteiger partial charge in [0.25, 0.3) is 0 Å². The Hall–Kier alpha value is -2.29. The minimum Gasteiger partial charge on any atom is -0.396 e. The molecular weight excluding hydrogens is 222 g/mol. The van der Waals surface area contributed by atoms with Crippen LogP contribution in [0, 0.1) is 6.92 Å². The highest BCUT2D eigenvalue weighted by Crippen LogP contribution is 2.33. The van der Waals surface area contributed by atoms with Gasteiger partial charge in [0.2, 0.25) is 0 Å². The maximum Gasteiger partial charge on any atom is 0.0914 e. The summed E-state index contributed by atoms with van der Waals surface area (Å²) in [5, 5.41) is 6.69. The van der Waals surface area contributed by atoms with E-state index in [1.807, 2.05) is 11.7 Å². The molecule has 0 bridgehead atoms. The molecule has 0 atom stereocenters. The van der Waals surface area contributed by atoms with Crippen molar-refractivity contribution in [3.8, 4) is 11.3 Å². The standard InChI is InChI=1S/C15H15N3/c1-10-7-8-13(12-6-4-3-5-11(10)12)15-14(16)9-17-18(15)2/h3-9H,16H2,1-2H3. The van der Waals surface area contributed by atoms with E-state index in [2.05, 4.69) is 48.4 Å². The van der Waals surface area contributed by atoms with Crippen molar-refractivity contribution in [1.29, 1.82) is 0 Å². The van der Waals surface area contributed by atoms with Gasteiger partial charge in [-0.3, -0.25) is 4.68 Å². The van der Waals surface area contributed by atoms with E-state index in [1.165, 1.54) is 16.3 Å². The molecule has 0 radical (unpaired) electrons. The van der Waals surface area contributed by atoms with Gasteiger partial charge >= 0.3 is 0 Å². The fourth-order valence-electron chi connectivity index (χ4n) is 2.44. The number of anilines is 1. The van der Waals surface area contributed by atoms with Crippen LogP contribution in [0.4, 0.5) is 5.69 Å². The van der Waals surface area contributed by atoms with Gasteiger partial charge in [-0.05, 0) is 23.3 Å². The number of rotatable bonds is 1. The molecule has 0 aliphatic carbocycles. The van der Waals surface area contributed by atoms with Gasteiger partial charge in [-0.25, -0.2) is 0 Å². The van der Waals surface area contributed by atoms with Gasteiger partial charge in [0.1, 0.15) is 0 Å². The number of hydrogen-bond donors (Lipinski definition) is 1. The lowest BCUT2D eigenvalue weighted by molar-refractivity contribution is 0.776. The van der Waals surface area contributed by atoms with Crippen molar-refractivity contribution >= 4 is 16.5 Å². The van der Waals surface area contributed by atoms with Crippen molar-refractivity contribution in [3.63, 3.8) is 0 Å². The molecule has 2 aromatic carbocycles. The second-order valence-corrected chi connectivity index (χ2v) is 4.55. The van der Waals surface area contributed by atoms with E-state index in [1.54, 1.807) is 6.20 Å². The number of aryl methyl sites for hydroxylation is 2. The molecule has 90 valence electrons. The number of nitrogens with two attached hydrogens (primary N) is 1. The van der Waals surface area contributed by atoms with Gasteiger partial charge in [0.15, 0.2) is 0 Å². The quantitative estimate of drug-likeness (QED) is 0.706. The van der Waals surface area contributed by atoms with Crippen LogP contribution in [0.5, 0.6) is 0 Å². The first-order valence-electron chi connectivity index (χ1n) is 5.94. The van der Waals surface area contributed by atoms with E-state index < -0.39 is 0 Å². The van der Waals surface area contributed by atoms with E-state index in [4.69, 9.17) is 5.73 Å². The molecule has 2 N–H and O–H groups in total. The first-order valence-corrected chi connectivity index (χ1v) is 5.94. The summed E-state index contributed by atoms with van der Waals surface area (Å²) in [6.07, 6.45) is 1.70. The molecular formula is C15H15N3. The summed E-state index contributed by atoms with van der Waals surface area (Å²) in [6.45, 7) is 2.12. The molecule has 1 heterocycles. The lowest BCUT2D eigenvalue weighted by Gasteiger charge is -2.10. The summed E-state index contributed by atoms with van der Waals surface area (Å²) in [7, 11) is 1.92. The van der Waals surface area contributed by atoms with E-state index >= 15 is 0 Å². The Labute approximate surface area is 106 Å². The molecule has 3 heteroatoms. The molecule has 3 aromatic rings. The first kappa shape index (κ1) is 10.8. The van der Waals surface area contributed by atoms with E-state index in [0.717, 1.165) is 11.3 Å². The van der Waals surface area contributed by atoms with Gasteiger partial charge in [-0.15, -0.1) is 0 Å². The third kappa shape index (κ3) is 1.48. The average Bonchev–Trinajstić information content (AvgIpc) is 2.71. The summed E-state index contributed by atoms with van der Waals surface area (Å²) >= 11 is 0. The van der Waals surface area contributed by atoms with Crippen LogP contribution in [0.25, 0.3) is 22.0 Å². The second kappa shape index (κ2) is 3.88. The summed E-state index contributed by atoms with van der Waals surface area (Å²) in [4.78, 5) is 0. The molecule has 0 spiro atoms. The van der Waals surface area contributed by atoms with Gasteiger partial charge in [0, 0.05) is 12.6 Å². The molecule has 3 rings (SSSR count). The number of hydrogen-bond acceptors (Lipinski definition) is 2. The van der Waals surface area contributed by atoms with Crippen LogP contribution in [0.2, 0.25) is 0 Å². The topological polar surface area (TPSA) is 43.8 Å². The molecule has 18 heavy (non-hydrogen) atoms. The zero-order chi connectivity index (χ0) is 12.7. The van der Waals surface area contributed by atoms with Gasteiger partial charge in [-0.1, -0.05) is 36.4 Å². The number of nitrogens with zero attached hydrogens (tertiary/aromatic N) is 2. The smallest absolute Gasteiger partial charge is 0.0914 e. The highest BCUT2D eigenvalue weighted by Gasteiger charge is 2.12. The Morgan fingerprint density at radius 3 is 2.44 bits per heavy atom. The molecule has 0 amide bonds. The fourth-order valence-corrected chi connectivity index (χ4v) is 2.44. The fraction of sp³-hybridized carbons (Fsp3) is 0.133. The Bertz CT molecular complexity index is 706. The van der Waals surface area contributed by atoms with Crippen LogP contribution in [0.3, 0.4) is 0 Å². The Balaban J connectivity index is 2.41. The van der Waals surface area contributed by atoms with Crippen LogP contribution in [0.15, 0.2) is 42.6 Å². The largest absolute Gasteiger partial charge is 0.396 e. The summed E-state index contributed by atoms with van der Waals surface area (Å²) in [5.41, 5.74) is 10.1. The number of benzene rings is 2. The molecule has 0 saturated heterocycles. The third-order valence-corrected chi connectivity index (χ3v) is 3.36. The Morgan fingerprint density at radius 2 is 1.78 bits per heavy atom. The van der Waals surface area contributed by atoms with Crippen molar-refractivity contribution in [2.24, 2.45) is 7.05 Å². The van der Waals surface area contributed by atoms with Crippen molar-refractivity contribution in [1.82, 2.24) is 9.78 Å². The van der Waals surface area contributed by atoms with Gasteiger partial charge in [-0.2, -0.15) is 5.10 Å². The lowest BCUT2D eigenvalue weighted by atomic mass is 9.98. The van der Waals surface area contributed by atoms with Crippen molar-refractivity contribution in [2.45, 2.75) is 6.92 Å². The maximum absolute atomic E-state index is 6.02. The summed E-state index contributed by atoms with van der Waals surface area (Å²) in [6, 6.07) is 12.6. The third-order valence-electron chi connectivity index (χ3n) is 3.36. The number of fused-ring (bicyclic) bond motifs is 1. The molecule has 3 nitrogen and oxygen atoms in total. The van der Waals surface area contributed by atoms with E-state index in [9.17, 15) is 0 Å². The zero-order valence-electron chi connectivity index (χ0n) is 10.5. The highest BCUT2D eigenvalue weighted by molar-refractivity contribution is 5.99. The first-order chi connectivity index (χ1) is 8.68. The van der Waals surface area contributed by atoms with Crippen LogP contribution in [0.1, 0.15) is 5.56 Å². The Morgan fingerprint density at radius 1 is 1.06 bits per heavy atom. The average molecular weight is 237 g/mol. The highest BCUT2D eigenvalue weighted by atomic mass is 15.3. The second-order valence-electron chi connectivity index (χ2n) is 4.55.